The molecule has 0 amide bonds. The second-order valence-electron chi connectivity index (χ2n) is 6.04. The highest BCUT2D eigenvalue weighted by atomic mass is 79.9. The molecule has 0 fully saturated rings. The topological polar surface area (TPSA) is 63.2 Å². The van der Waals surface area contributed by atoms with E-state index in [1.54, 1.807) is 0 Å². The van der Waals surface area contributed by atoms with Crippen molar-refractivity contribution < 1.29 is 28.5 Å². The number of carbonyl (C=O) groups is 1. The Morgan fingerprint density at radius 2 is 2.08 bits per heavy atom. The van der Waals surface area contributed by atoms with Gasteiger partial charge in [0.2, 0.25) is 6.79 Å². The summed E-state index contributed by atoms with van der Waals surface area (Å²) in [5.41, 5.74) is 1.89. The van der Waals surface area contributed by atoms with E-state index in [0.717, 1.165) is 27.1 Å². The first-order valence-electron chi connectivity index (χ1n) is 8.19. The van der Waals surface area contributed by atoms with Gasteiger partial charge in [-0.3, -0.25) is 4.79 Å². The average Bonchev–Trinajstić information content (AvgIpc) is 3.27. The van der Waals surface area contributed by atoms with Gasteiger partial charge in [-0.15, -0.1) is 0 Å². The minimum absolute atomic E-state index is 0.0172. The highest BCUT2D eigenvalue weighted by Crippen LogP contribution is 2.41. The zero-order chi connectivity index (χ0) is 18.1. The van der Waals surface area contributed by atoms with E-state index in [2.05, 4.69) is 15.9 Å². The normalized spacial score (nSPS) is 16.8. The van der Waals surface area contributed by atoms with Crippen molar-refractivity contribution in [3.05, 3.63) is 45.9 Å². The van der Waals surface area contributed by atoms with Crippen molar-refractivity contribution in [2.75, 3.05) is 20.5 Å². The van der Waals surface area contributed by atoms with E-state index in [4.69, 9.17) is 23.7 Å². The van der Waals surface area contributed by atoms with Crippen LogP contribution in [0.3, 0.4) is 0 Å². The summed E-state index contributed by atoms with van der Waals surface area (Å²) in [7, 11) is 1.39. The van der Waals surface area contributed by atoms with Crippen LogP contribution in [0.15, 0.2) is 34.8 Å². The summed E-state index contributed by atoms with van der Waals surface area (Å²) in [5, 5.41) is 0. The average molecular weight is 421 g/mol. The summed E-state index contributed by atoms with van der Waals surface area (Å²) < 4.78 is 28.2. The van der Waals surface area contributed by atoms with E-state index < -0.39 is 0 Å². The molecule has 2 heterocycles. The SMILES string of the molecule is COC(=O)CC1COc2cc(OCc3c(Br)ccc4c3OCO4)ccc21. The monoisotopic (exact) mass is 420 g/mol. The molecular formula is C19H17BrO6. The van der Waals surface area contributed by atoms with E-state index in [1.807, 2.05) is 30.3 Å². The maximum atomic E-state index is 11.5. The van der Waals surface area contributed by atoms with Gasteiger partial charge in [0.25, 0.3) is 0 Å². The summed E-state index contributed by atoms with van der Waals surface area (Å²) in [5.74, 6) is 2.63. The quantitative estimate of drug-likeness (QED) is 0.685. The van der Waals surface area contributed by atoms with Gasteiger partial charge >= 0.3 is 5.97 Å². The number of benzene rings is 2. The molecule has 0 saturated heterocycles. The lowest BCUT2D eigenvalue weighted by molar-refractivity contribution is -0.141. The van der Waals surface area contributed by atoms with Gasteiger partial charge in [0.05, 0.1) is 20.1 Å². The molecule has 0 spiro atoms. The van der Waals surface area contributed by atoms with E-state index in [1.165, 1.54) is 7.11 Å². The van der Waals surface area contributed by atoms with Crippen LogP contribution < -0.4 is 18.9 Å². The maximum absolute atomic E-state index is 11.5. The Kier molecular flexibility index (Phi) is 4.63. The number of ether oxygens (including phenoxy) is 5. The van der Waals surface area contributed by atoms with Crippen LogP contribution >= 0.6 is 15.9 Å². The highest BCUT2D eigenvalue weighted by Gasteiger charge is 2.27. The Balaban J connectivity index is 1.48. The second-order valence-corrected chi connectivity index (χ2v) is 6.89. The van der Waals surface area contributed by atoms with Crippen molar-refractivity contribution in [2.45, 2.75) is 18.9 Å². The van der Waals surface area contributed by atoms with Crippen LogP contribution in [0.5, 0.6) is 23.0 Å². The molecule has 1 unspecified atom stereocenters. The summed E-state index contributed by atoms with van der Waals surface area (Å²) >= 11 is 3.53. The number of fused-ring (bicyclic) bond motifs is 2. The summed E-state index contributed by atoms with van der Waals surface area (Å²) in [6.45, 7) is 1.02. The van der Waals surface area contributed by atoms with Crippen LogP contribution in [0.25, 0.3) is 0 Å². The van der Waals surface area contributed by atoms with Gasteiger partial charge in [0, 0.05) is 27.6 Å². The molecule has 2 aromatic carbocycles. The number of halogens is 1. The van der Waals surface area contributed by atoms with Gasteiger partial charge in [-0.05, 0) is 18.2 Å². The fourth-order valence-corrected chi connectivity index (χ4v) is 3.52. The van der Waals surface area contributed by atoms with Crippen molar-refractivity contribution in [3.8, 4) is 23.0 Å². The molecule has 0 aromatic heterocycles. The fourth-order valence-electron chi connectivity index (χ4n) is 3.10. The lowest BCUT2D eigenvalue weighted by Crippen LogP contribution is -2.09. The number of rotatable bonds is 5. The first kappa shape index (κ1) is 17.0. The van der Waals surface area contributed by atoms with Crippen LogP contribution in [-0.4, -0.2) is 26.5 Å². The largest absolute Gasteiger partial charge is 0.492 e. The third-order valence-corrected chi connectivity index (χ3v) is 5.22. The zero-order valence-electron chi connectivity index (χ0n) is 14.1. The van der Waals surface area contributed by atoms with Gasteiger partial charge in [0.1, 0.15) is 18.1 Å². The van der Waals surface area contributed by atoms with Crippen LogP contribution in [0.2, 0.25) is 0 Å². The summed E-state index contributed by atoms with van der Waals surface area (Å²) in [6, 6.07) is 9.44. The Labute approximate surface area is 159 Å². The molecule has 0 radical (unpaired) electrons. The summed E-state index contributed by atoms with van der Waals surface area (Å²) in [4.78, 5) is 11.5. The number of hydrogen-bond acceptors (Lipinski definition) is 6. The Bertz CT molecular complexity index is 850. The lowest BCUT2D eigenvalue weighted by Gasteiger charge is -2.12. The number of hydrogen-bond donors (Lipinski definition) is 0. The molecule has 2 aromatic rings. The lowest BCUT2D eigenvalue weighted by atomic mass is 9.98. The van der Waals surface area contributed by atoms with Gasteiger partial charge in [0.15, 0.2) is 11.5 Å². The molecule has 2 aliphatic heterocycles. The molecule has 0 saturated carbocycles. The predicted molar refractivity (Wildman–Crippen MR) is 95.9 cm³/mol. The molecule has 0 aliphatic carbocycles. The van der Waals surface area contributed by atoms with Crippen molar-refractivity contribution in [3.63, 3.8) is 0 Å². The molecule has 136 valence electrons. The Hall–Kier alpha value is -2.41. The van der Waals surface area contributed by atoms with Gasteiger partial charge < -0.3 is 23.7 Å². The van der Waals surface area contributed by atoms with Gasteiger partial charge in [-0.2, -0.15) is 0 Å². The third kappa shape index (κ3) is 3.19. The fraction of sp³-hybridized carbons (Fsp3) is 0.316. The first-order valence-corrected chi connectivity index (χ1v) is 8.98. The predicted octanol–water partition coefficient (Wildman–Crippen LogP) is 3.80. The van der Waals surface area contributed by atoms with Crippen molar-refractivity contribution in [1.82, 2.24) is 0 Å². The Morgan fingerprint density at radius 3 is 2.92 bits per heavy atom. The maximum Gasteiger partial charge on any atom is 0.306 e. The number of esters is 1. The smallest absolute Gasteiger partial charge is 0.306 e. The zero-order valence-corrected chi connectivity index (χ0v) is 15.7. The number of carbonyl (C=O) groups excluding carboxylic acids is 1. The van der Waals surface area contributed by atoms with E-state index in [0.29, 0.717) is 31.1 Å². The van der Waals surface area contributed by atoms with Crippen LogP contribution in [0.4, 0.5) is 0 Å². The van der Waals surface area contributed by atoms with E-state index >= 15 is 0 Å². The Morgan fingerprint density at radius 1 is 1.19 bits per heavy atom. The number of methoxy groups -OCH3 is 1. The van der Waals surface area contributed by atoms with Crippen molar-refractivity contribution >= 4 is 21.9 Å². The van der Waals surface area contributed by atoms with Gasteiger partial charge in [-0.1, -0.05) is 22.0 Å². The molecule has 2 aliphatic rings. The molecular weight excluding hydrogens is 404 g/mol. The highest BCUT2D eigenvalue weighted by molar-refractivity contribution is 9.10. The third-order valence-electron chi connectivity index (χ3n) is 4.47. The second kappa shape index (κ2) is 7.07. The first-order chi connectivity index (χ1) is 12.7. The molecule has 0 N–H and O–H groups in total. The molecule has 0 bridgehead atoms. The molecule has 7 heteroatoms. The standard InChI is InChI=1S/C19H17BrO6/c1-22-18(21)6-11-8-24-17-7-12(2-3-13(11)17)23-9-14-15(20)4-5-16-19(14)26-10-25-16/h2-5,7,11H,6,8-10H2,1H3. The van der Waals surface area contributed by atoms with E-state index in [9.17, 15) is 4.79 Å². The van der Waals surface area contributed by atoms with Crippen LogP contribution in [-0.2, 0) is 16.1 Å². The summed E-state index contributed by atoms with van der Waals surface area (Å²) in [6.07, 6.45) is 0.310. The minimum Gasteiger partial charge on any atom is -0.492 e. The molecule has 6 nitrogen and oxygen atoms in total. The molecule has 4 rings (SSSR count). The van der Waals surface area contributed by atoms with Crippen LogP contribution in [0, 0.1) is 0 Å². The van der Waals surface area contributed by atoms with Gasteiger partial charge in [-0.25, -0.2) is 0 Å². The van der Waals surface area contributed by atoms with E-state index in [-0.39, 0.29) is 18.7 Å². The van der Waals surface area contributed by atoms with Crippen molar-refractivity contribution in [2.24, 2.45) is 0 Å². The minimum atomic E-state index is -0.239. The van der Waals surface area contributed by atoms with Crippen molar-refractivity contribution in [1.29, 1.82) is 0 Å². The molecule has 1 atom stereocenters. The molecule has 26 heavy (non-hydrogen) atoms. The van der Waals surface area contributed by atoms with Crippen LogP contribution in [0.1, 0.15) is 23.5 Å².